The van der Waals surface area contributed by atoms with Crippen LogP contribution in [-0.4, -0.2) is 18.4 Å². The number of amides is 2. The molecule has 2 N–H and O–H groups in total. The molecule has 1 aromatic rings. The van der Waals surface area contributed by atoms with Crippen LogP contribution in [0.25, 0.3) is 0 Å². The Hall–Kier alpha value is -2.05. The summed E-state index contributed by atoms with van der Waals surface area (Å²) in [5.41, 5.74) is -1.25. The van der Waals surface area contributed by atoms with Gasteiger partial charge in [0.15, 0.2) is 0 Å². The molecule has 2 amide bonds. The van der Waals surface area contributed by atoms with E-state index in [1.54, 1.807) is 6.92 Å². The first kappa shape index (κ1) is 15.0. The van der Waals surface area contributed by atoms with Gasteiger partial charge in [-0.1, -0.05) is 19.1 Å². The first-order valence-corrected chi connectivity index (χ1v) is 5.57. The van der Waals surface area contributed by atoms with Crippen molar-refractivity contribution in [3.05, 3.63) is 29.8 Å². The second kappa shape index (κ2) is 6.21. The average Bonchev–Trinajstić information content (AvgIpc) is 2.35. The molecule has 0 aliphatic carbocycles. The molecular weight excluding hydrogens is 261 g/mol. The summed E-state index contributed by atoms with van der Waals surface area (Å²) in [6, 6.07) is 4.65. The van der Waals surface area contributed by atoms with Gasteiger partial charge in [0.2, 0.25) is 11.8 Å². The first-order chi connectivity index (χ1) is 8.84. The maximum Gasteiger partial charge on any atom is 0.418 e. The van der Waals surface area contributed by atoms with Crippen molar-refractivity contribution >= 4 is 17.5 Å². The molecule has 0 saturated carbocycles. The molecule has 0 atom stereocenters. The lowest BCUT2D eigenvalue weighted by Crippen LogP contribution is -2.32. The van der Waals surface area contributed by atoms with E-state index in [2.05, 4.69) is 10.6 Å². The number of benzene rings is 1. The molecule has 0 fully saturated rings. The van der Waals surface area contributed by atoms with Crippen LogP contribution in [0.15, 0.2) is 24.3 Å². The zero-order valence-corrected chi connectivity index (χ0v) is 10.2. The van der Waals surface area contributed by atoms with Crippen molar-refractivity contribution in [2.75, 3.05) is 11.9 Å². The minimum Gasteiger partial charge on any atom is -0.347 e. The van der Waals surface area contributed by atoms with E-state index in [4.69, 9.17) is 0 Å². The monoisotopic (exact) mass is 274 g/mol. The molecule has 0 aliphatic rings. The molecule has 0 radical (unpaired) electrons. The van der Waals surface area contributed by atoms with E-state index in [9.17, 15) is 22.8 Å². The Morgan fingerprint density at radius 2 is 1.79 bits per heavy atom. The number of rotatable bonds is 4. The minimum atomic E-state index is -4.55. The number of carbonyl (C=O) groups is 2. The maximum absolute atomic E-state index is 12.6. The topological polar surface area (TPSA) is 58.2 Å². The average molecular weight is 274 g/mol. The van der Waals surface area contributed by atoms with Gasteiger partial charge in [-0.2, -0.15) is 13.2 Å². The maximum atomic E-state index is 12.6. The molecule has 104 valence electrons. The van der Waals surface area contributed by atoms with Crippen LogP contribution >= 0.6 is 0 Å². The molecule has 7 heteroatoms. The Balaban J connectivity index is 2.72. The SMILES string of the molecule is CCC(=O)NCC(=O)Nc1ccccc1C(F)(F)F. The Kier molecular flexibility index (Phi) is 4.91. The fourth-order valence-electron chi connectivity index (χ4n) is 1.34. The fourth-order valence-corrected chi connectivity index (χ4v) is 1.34. The molecule has 0 spiro atoms. The number of carbonyl (C=O) groups excluding carboxylic acids is 2. The lowest BCUT2D eigenvalue weighted by molar-refractivity contribution is -0.137. The summed E-state index contributed by atoms with van der Waals surface area (Å²) in [6.45, 7) is 1.24. The van der Waals surface area contributed by atoms with Gasteiger partial charge in [0.05, 0.1) is 17.8 Å². The van der Waals surface area contributed by atoms with E-state index < -0.39 is 17.6 Å². The first-order valence-electron chi connectivity index (χ1n) is 5.57. The second-order valence-electron chi connectivity index (χ2n) is 3.72. The van der Waals surface area contributed by atoms with E-state index in [1.165, 1.54) is 12.1 Å². The van der Waals surface area contributed by atoms with Crippen molar-refractivity contribution < 1.29 is 22.8 Å². The number of halogens is 3. The van der Waals surface area contributed by atoms with Gasteiger partial charge < -0.3 is 10.6 Å². The van der Waals surface area contributed by atoms with E-state index in [1.807, 2.05) is 0 Å². The largest absolute Gasteiger partial charge is 0.418 e. The van der Waals surface area contributed by atoms with E-state index >= 15 is 0 Å². The quantitative estimate of drug-likeness (QED) is 0.884. The predicted molar refractivity (Wildman–Crippen MR) is 63.4 cm³/mol. The molecule has 0 aliphatic heterocycles. The molecule has 1 rings (SSSR count). The summed E-state index contributed by atoms with van der Waals surface area (Å²) in [4.78, 5) is 22.3. The zero-order chi connectivity index (χ0) is 14.5. The van der Waals surface area contributed by atoms with E-state index in [-0.39, 0.29) is 24.6 Å². The molecule has 19 heavy (non-hydrogen) atoms. The van der Waals surface area contributed by atoms with Crippen LogP contribution in [0.1, 0.15) is 18.9 Å². The highest BCUT2D eigenvalue weighted by Crippen LogP contribution is 2.34. The van der Waals surface area contributed by atoms with Crippen molar-refractivity contribution in [3.63, 3.8) is 0 Å². The van der Waals surface area contributed by atoms with Crippen LogP contribution in [0, 0.1) is 0 Å². The molecule has 0 unspecified atom stereocenters. The Bertz CT molecular complexity index is 472. The number of anilines is 1. The Morgan fingerprint density at radius 1 is 1.16 bits per heavy atom. The second-order valence-corrected chi connectivity index (χ2v) is 3.72. The van der Waals surface area contributed by atoms with Gasteiger partial charge in [-0.25, -0.2) is 0 Å². The number of alkyl halides is 3. The summed E-state index contributed by atoms with van der Waals surface area (Å²) in [7, 11) is 0. The lowest BCUT2D eigenvalue weighted by atomic mass is 10.1. The number of para-hydroxylation sites is 1. The minimum absolute atomic E-state index is 0.201. The van der Waals surface area contributed by atoms with Crippen molar-refractivity contribution in [1.82, 2.24) is 5.32 Å². The van der Waals surface area contributed by atoms with Crippen LogP contribution in [0.2, 0.25) is 0 Å². The van der Waals surface area contributed by atoms with E-state index in [0.29, 0.717) is 0 Å². The smallest absolute Gasteiger partial charge is 0.347 e. The van der Waals surface area contributed by atoms with Crippen molar-refractivity contribution in [1.29, 1.82) is 0 Å². The third-order valence-electron chi connectivity index (χ3n) is 2.27. The van der Waals surface area contributed by atoms with Crippen LogP contribution in [0.5, 0.6) is 0 Å². The Labute approximate surface area is 108 Å². The predicted octanol–water partition coefficient (Wildman–Crippen LogP) is 2.17. The van der Waals surface area contributed by atoms with Gasteiger partial charge in [0.1, 0.15) is 0 Å². The van der Waals surface area contributed by atoms with Gasteiger partial charge in [-0.15, -0.1) is 0 Å². The van der Waals surface area contributed by atoms with E-state index in [0.717, 1.165) is 12.1 Å². The van der Waals surface area contributed by atoms with Gasteiger partial charge in [-0.3, -0.25) is 9.59 Å². The highest BCUT2D eigenvalue weighted by molar-refractivity contribution is 5.95. The number of nitrogens with one attached hydrogen (secondary N) is 2. The van der Waals surface area contributed by atoms with Gasteiger partial charge in [0.25, 0.3) is 0 Å². The van der Waals surface area contributed by atoms with Gasteiger partial charge >= 0.3 is 6.18 Å². The van der Waals surface area contributed by atoms with Crippen molar-refractivity contribution in [2.24, 2.45) is 0 Å². The normalized spacial score (nSPS) is 10.9. The molecular formula is C12H13F3N2O2. The summed E-state index contributed by atoms with van der Waals surface area (Å²) in [5, 5.41) is 4.40. The highest BCUT2D eigenvalue weighted by Gasteiger charge is 2.33. The van der Waals surface area contributed by atoms with Gasteiger partial charge in [-0.05, 0) is 12.1 Å². The molecule has 0 bridgehead atoms. The molecule has 1 aromatic carbocycles. The van der Waals surface area contributed by atoms with Crippen molar-refractivity contribution in [2.45, 2.75) is 19.5 Å². The summed E-state index contributed by atoms with van der Waals surface area (Å²) < 4.78 is 37.9. The van der Waals surface area contributed by atoms with Crippen molar-refractivity contribution in [3.8, 4) is 0 Å². The van der Waals surface area contributed by atoms with Gasteiger partial charge in [0, 0.05) is 6.42 Å². The Morgan fingerprint density at radius 3 is 2.37 bits per heavy atom. The lowest BCUT2D eigenvalue weighted by Gasteiger charge is -2.13. The zero-order valence-electron chi connectivity index (χ0n) is 10.2. The molecule has 0 aromatic heterocycles. The van der Waals surface area contributed by atoms with Crippen LogP contribution in [0.4, 0.5) is 18.9 Å². The third kappa shape index (κ3) is 4.61. The molecule has 4 nitrogen and oxygen atoms in total. The van der Waals surface area contributed by atoms with Crippen LogP contribution in [-0.2, 0) is 15.8 Å². The summed E-state index contributed by atoms with van der Waals surface area (Å²) in [6.07, 6.45) is -4.34. The standard InChI is InChI=1S/C12H13F3N2O2/c1-2-10(18)16-7-11(19)17-9-6-4-3-5-8(9)12(13,14)15/h3-6H,2,7H2,1H3,(H,16,18)(H,17,19). The molecule has 0 heterocycles. The van der Waals surface area contributed by atoms with Crippen LogP contribution in [0.3, 0.4) is 0 Å². The highest BCUT2D eigenvalue weighted by atomic mass is 19.4. The summed E-state index contributed by atoms with van der Waals surface area (Å²) in [5.74, 6) is -1.06. The fraction of sp³-hybridized carbons (Fsp3) is 0.333. The molecule has 0 saturated heterocycles. The third-order valence-corrected chi connectivity index (χ3v) is 2.27. The number of hydrogen-bond acceptors (Lipinski definition) is 2. The number of hydrogen-bond donors (Lipinski definition) is 2. The summed E-state index contributed by atoms with van der Waals surface area (Å²) >= 11 is 0. The van der Waals surface area contributed by atoms with Crippen LogP contribution < -0.4 is 10.6 Å².